The van der Waals surface area contributed by atoms with Crippen molar-refractivity contribution in [1.82, 2.24) is 23.9 Å². The van der Waals surface area contributed by atoms with E-state index in [9.17, 15) is 4.79 Å². The van der Waals surface area contributed by atoms with Crippen LogP contribution in [0.5, 0.6) is 0 Å². The highest BCUT2D eigenvalue weighted by molar-refractivity contribution is 5.99. The maximum atomic E-state index is 13.9. The third-order valence-electron chi connectivity index (χ3n) is 8.15. The molecule has 0 radical (unpaired) electrons. The van der Waals surface area contributed by atoms with Crippen molar-refractivity contribution in [2.45, 2.75) is 26.0 Å². The minimum atomic E-state index is -1.42. The Hall–Kier alpha value is -5.30. The number of aromatic nitrogens is 5. The van der Waals surface area contributed by atoms with Gasteiger partial charge in [-0.1, -0.05) is 66.7 Å². The van der Waals surface area contributed by atoms with Crippen molar-refractivity contribution in [3.8, 4) is 11.3 Å². The molecule has 7 aromatic rings. The van der Waals surface area contributed by atoms with Gasteiger partial charge in [0.2, 0.25) is 5.60 Å². The van der Waals surface area contributed by atoms with Crippen LogP contribution in [0.4, 0.5) is 0 Å². The normalized spacial score (nSPS) is 16.5. The fourth-order valence-electron chi connectivity index (χ4n) is 6.48. The Morgan fingerprint density at radius 3 is 2.29 bits per heavy atom. The molecular weight excluding hydrogens is 510 g/mol. The molecule has 0 N–H and O–H groups in total. The highest BCUT2D eigenvalue weighted by Gasteiger charge is 2.56. The van der Waals surface area contributed by atoms with Crippen molar-refractivity contribution >= 4 is 33.6 Å². The number of hydrogen-bond acceptors (Lipinski definition) is 5. The smallest absolute Gasteiger partial charge is 0.360 e. The molecule has 8 rings (SSSR count). The summed E-state index contributed by atoms with van der Waals surface area (Å²) in [7, 11) is 0. The number of fused-ring (bicyclic) bond motifs is 4. The Morgan fingerprint density at radius 1 is 0.780 bits per heavy atom. The first-order chi connectivity index (χ1) is 20.1. The van der Waals surface area contributed by atoms with Crippen molar-refractivity contribution in [2.75, 3.05) is 0 Å². The van der Waals surface area contributed by atoms with E-state index >= 15 is 0 Å². The van der Waals surface area contributed by atoms with Crippen molar-refractivity contribution < 1.29 is 9.53 Å². The quantitative estimate of drug-likeness (QED) is 0.235. The van der Waals surface area contributed by atoms with Gasteiger partial charge in [0.15, 0.2) is 5.69 Å². The van der Waals surface area contributed by atoms with Crippen LogP contribution in [0.1, 0.15) is 40.1 Å². The molecule has 0 spiro atoms. The largest absolute Gasteiger partial charge is 0.436 e. The van der Waals surface area contributed by atoms with E-state index < -0.39 is 11.6 Å². The van der Waals surface area contributed by atoms with Gasteiger partial charge >= 0.3 is 5.97 Å². The van der Waals surface area contributed by atoms with Crippen LogP contribution < -0.4 is 0 Å². The molecule has 3 aromatic carbocycles. The van der Waals surface area contributed by atoms with Crippen LogP contribution in [0.15, 0.2) is 103 Å². The van der Waals surface area contributed by atoms with E-state index in [0.717, 1.165) is 51.3 Å². The highest BCUT2D eigenvalue weighted by atomic mass is 16.6. The molecule has 0 saturated carbocycles. The molecule has 0 saturated heterocycles. The second-order valence-corrected chi connectivity index (χ2v) is 10.3. The Morgan fingerprint density at radius 2 is 1.49 bits per heavy atom. The Balaban J connectivity index is 1.61. The van der Waals surface area contributed by atoms with E-state index in [2.05, 4.69) is 30.5 Å². The zero-order chi connectivity index (χ0) is 27.7. The average Bonchev–Trinajstić information content (AvgIpc) is 3.64. The lowest BCUT2D eigenvalue weighted by Crippen LogP contribution is -2.33. The Kier molecular flexibility index (Phi) is 4.94. The molecule has 0 aliphatic carbocycles. The number of imidazole rings is 1. The molecule has 1 unspecified atom stereocenters. The molecule has 1 atom stereocenters. The van der Waals surface area contributed by atoms with Gasteiger partial charge in [-0.15, -0.1) is 0 Å². The van der Waals surface area contributed by atoms with Crippen LogP contribution in [-0.4, -0.2) is 29.9 Å². The minimum absolute atomic E-state index is 0.223. The van der Waals surface area contributed by atoms with Crippen LogP contribution >= 0.6 is 0 Å². The van der Waals surface area contributed by atoms with Crippen molar-refractivity contribution in [3.05, 3.63) is 132 Å². The zero-order valence-corrected chi connectivity index (χ0v) is 22.6. The van der Waals surface area contributed by atoms with Crippen LogP contribution in [0.2, 0.25) is 0 Å². The lowest BCUT2D eigenvalue weighted by molar-refractivity contribution is 0.0230. The van der Waals surface area contributed by atoms with E-state index in [1.54, 1.807) is 0 Å². The van der Waals surface area contributed by atoms with Gasteiger partial charge in [0, 0.05) is 40.5 Å². The summed E-state index contributed by atoms with van der Waals surface area (Å²) in [6.45, 7) is 4.97. The molecule has 41 heavy (non-hydrogen) atoms. The average molecular weight is 536 g/mol. The Bertz CT molecular complexity index is 2160. The predicted octanol–water partition coefficient (Wildman–Crippen LogP) is 6.69. The number of esters is 1. The molecular formula is C34H25N5O2. The molecule has 7 heteroatoms. The van der Waals surface area contributed by atoms with Gasteiger partial charge in [-0.25, -0.2) is 19.7 Å². The van der Waals surface area contributed by atoms with Crippen LogP contribution in [-0.2, 0) is 16.9 Å². The molecule has 0 fully saturated rings. The summed E-state index contributed by atoms with van der Waals surface area (Å²) < 4.78 is 11.0. The third-order valence-corrected chi connectivity index (χ3v) is 8.15. The number of rotatable bonds is 4. The number of cyclic esters (lactones) is 1. The maximum absolute atomic E-state index is 13.9. The number of carbonyl (C=O) groups is 1. The molecule has 1 aliphatic heterocycles. The summed E-state index contributed by atoms with van der Waals surface area (Å²) in [6.07, 6.45) is 1.97. The molecule has 1 aliphatic rings. The SMILES string of the molecule is CCn1c(C)c(C2(c3c(-c4ccccc4)nc4ccccn34)OC(=O)c3nc4ccccc4nc32)c2ccccc21. The van der Waals surface area contributed by atoms with E-state index in [-0.39, 0.29) is 5.69 Å². The van der Waals surface area contributed by atoms with Gasteiger partial charge in [0.05, 0.1) is 16.7 Å². The standard InChI is InChI=1S/C34H25N5O2/c1-3-38-21(2)28(23-15-7-10-18-26(23)38)34(31-30(33(40)41-34)35-24-16-8-9-17-25(24)36-31)32-29(22-13-5-4-6-14-22)37-27-19-11-12-20-39(27)32/h4-20H,3H2,1-2H3. The summed E-state index contributed by atoms with van der Waals surface area (Å²) in [5.74, 6) is -0.504. The lowest BCUT2D eigenvalue weighted by Gasteiger charge is -2.30. The summed E-state index contributed by atoms with van der Waals surface area (Å²) in [6, 6.07) is 31.8. The summed E-state index contributed by atoms with van der Waals surface area (Å²) >= 11 is 0. The van der Waals surface area contributed by atoms with E-state index in [4.69, 9.17) is 19.7 Å². The molecule has 0 bridgehead atoms. The van der Waals surface area contributed by atoms with Crippen molar-refractivity contribution in [2.24, 2.45) is 0 Å². The first-order valence-corrected chi connectivity index (χ1v) is 13.7. The Labute approximate surface area is 235 Å². The maximum Gasteiger partial charge on any atom is 0.360 e. The predicted molar refractivity (Wildman–Crippen MR) is 158 cm³/mol. The number of pyridine rings is 1. The van der Waals surface area contributed by atoms with Crippen molar-refractivity contribution in [3.63, 3.8) is 0 Å². The topological polar surface area (TPSA) is 74.3 Å². The van der Waals surface area contributed by atoms with Crippen LogP contribution in [0.25, 0.3) is 38.8 Å². The number of ether oxygens (including phenoxy) is 1. The lowest BCUT2D eigenvalue weighted by atomic mass is 9.83. The molecule has 5 heterocycles. The number of carbonyl (C=O) groups excluding carboxylic acids is 1. The van der Waals surface area contributed by atoms with Crippen LogP contribution in [0, 0.1) is 6.92 Å². The van der Waals surface area contributed by atoms with Crippen LogP contribution in [0.3, 0.4) is 0 Å². The van der Waals surface area contributed by atoms with Gasteiger partial charge in [-0.3, -0.25) is 4.40 Å². The van der Waals surface area contributed by atoms with Gasteiger partial charge in [0.25, 0.3) is 0 Å². The number of aryl methyl sites for hydroxylation is 1. The second-order valence-electron chi connectivity index (χ2n) is 10.3. The van der Waals surface area contributed by atoms with E-state index in [1.807, 2.05) is 95.5 Å². The van der Waals surface area contributed by atoms with Crippen molar-refractivity contribution in [1.29, 1.82) is 0 Å². The van der Waals surface area contributed by atoms with Gasteiger partial charge in [-0.2, -0.15) is 0 Å². The van der Waals surface area contributed by atoms with Gasteiger partial charge in [0.1, 0.15) is 17.0 Å². The number of benzene rings is 3. The summed E-state index contributed by atoms with van der Waals surface area (Å²) in [5.41, 5.74) is 6.66. The van der Waals surface area contributed by atoms with Gasteiger partial charge in [-0.05, 0) is 44.2 Å². The molecule has 0 amide bonds. The third kappa shape index (κ3) is 3.14. The molecule has 7 nitrogen and oxygen atoms in total. The second kappa shape index (κ2) is 8.60. The molecule has 198 valence electrons. The fraction of sp³-hybridized carbons (Fsp3) is 0.118. The summed E-state index contributed by atoms with van der Waals surface area (Å²) in [5, 5.41) is 0.993. The highest BCUT2D eigenvalue weighted by Crippen LogP contribution is 2.52. The fourth-order valence-corrected chi connectivity index (χ4v) is 6.48. The molecule has 4 aromatic heterocycles. The van der Waals surface area contributed by atoms with E-state index in [1.165, 1.54) is 0 Å². The van der Waals surface area contributed by atoms with Gasteiger partial charge < -0.3 is 9.30 Å². The number of hydrogen-bond donors (Lipinski definition) is 0. The minimum Gasteiger partial charge on any atom is -0.436 e. The summed E-state index contributed by atoms with van der Waals surface area (Å²) in [4.78, 5) is 29.0. The first-order valence-electron chi connectivity index (χ1n) is 13.7. The first kappa shape index (κ1) is 23.6. The zero-order valence-electron chi connectivity index (χ0n) is 22.6. The number of para-hydroxylation sites is 3. The number of nitrogens with zero attached hydrogens (tertiary/aromatic N) is 5. The monoisotopic (exact) mass is 535 g/mol. The van der Waals surface area contributed by atoms with E-state index in [0.29, 0.717) is 16.7 Å².